The minimum absolute atomic E-state index is 0.0549. The fourth-order valence-electron chi connectivity index (χ4n) is 3.40. The summed E-state index contributed by atoms with van der Waals surface area (Å²) in [4.78, 5) is 11.1. The monoisotopic (exact) mass is 410 g/mol. The van der Waals surface area contributed by atoms with Crippen LogP contribution in [0.4, 0.5) is 4.39 Å². The van der Waals surface area contributed by atoms with Crippen molar-refractivity contribution in [1.29, 1.82) is 0 Å². The third-order valence-corrected chi connectivity index (χ3v) is 5.55. The zero-order valence-electron chi connectivity index (χ0n) is 15.5. The van der Waals surface area contributed by atoms with Crippen molar-refractivity contribution >= 4 is 33.0 Å². The average Bonchev–Trinajstić information content (AvgIpc) is 2.51. The van der Waals surface area contributed by atoms with Gasteiger partial charge < -0.3 is 9.84 Å². The van der Waals surface area contributed by atoms with Gasteiger partial charge in [-0.1, -0.05) is 33.8 Å². The van der Waals surface area contributed by atoms with E-state index in [0.717, 1.165) is 22.0 Å². The number of carboxylic acids is 1. The van der Waals surface area contributed by atoms with Crippen molar-refractivity contribution in [1.82, 2.24) is 0 Å². The second kappa shape index (κ2) is 6.94. The van der Waals surface area contributed by atoms with E-state index in [4.69, 9.17) is 9.84 Å². The first-order chi connectivity index (χ1) is 11.5. The van der Waals surface area contributed by atoms with E-state index in [2.05, 4.69) is 49.7 Å². The maximum absolute atomic E-state index is 14.1. The minimum Gasteiger partial charge on any atom is -0.495 e. The van der Waals surface area contributed by atoms with Crippen LogP contribution in [0.1, 0.15) is 57.7 Å². The van der Waals surface area contributed by atoms with E-state index in [1.54, 1.807) is 0 Å². The molecule has 1 aromatic rings. The van der Waals surface area contributed by atoms with Gasteiger partial charge >= 0.3 is 5.97 Å². The number of ether oxygens (including phenoxy) is 1. The zero-order valence-corrected chi connectivity index (χ0v) is 17.0. The van der Waals surface area contributed by atoms with E-state index >= 15 is 0 Å². The molecule has 0 radical (unpaired) electrons. The highest BCUT2D eigenvalue weighted by Gasteiger charge is 2.34. The van der Waals surface area contributed by atoms with Gasteiger partial charge in [0.15, 0.2) is 0 Å². The summed E-state index contributed by atoms with van der Waals surface area (Å²) in [5, 5.41) is 9.01. The third-order valence-electron chi connectivity index (χ3n) is 4.79. The molecule has 0 bridgehead atoms. The van der Waals surface area contributed by atoms with Crippen LogP contribution in [-0.2, 0) is 10.2 Å². The molecule has 0 aliphatic heterocycles. The SMILES string of the molecule is COc1c(/C(C)=C(/F)C(=O)O)cc2c(c1Br)C(C)(C)CC=C2C(C)C. The van der Waals surface area contributed by atoms with Gasteiger partial charge in [-0.25, -0.2) is 4.79 Å². The lowest BCUT2D eigenvalue weighted by atomic mass is 9.70. The summed E-state index contributed by atoms with van der Waals surface area (Å²) in [6, 6.07) is 1.86. The Kier molecular flexibility index (Phi) is 5.47. The first-order valence-electron chi connectivity index (χ1n) is 8.24. The maximum atomic E-state index is 14.1. The van der Waals surface area contributed by atoms with Crippen LogP contribution in [0.5, 0.6) is 5.75 Å². The summed E-state index contributed by atoms with van der Waals surface area (Å²) in [5.74, 6) is -1.98. The minimum atomic E-state index is -1.58. The molecule has 3 nitrogen and oxygen atoms in total. The van der Waals surface area contributed by atoms with E-state index in [-0.39, 0.29) is 11.0 Å². The summed E-state index contributed by atoms with van der Waals surface area (Å²) < 4.78 is 20.4. The number of halogens is 2. The summed E-state index contributed by atoms with van der Waals surface area (Å²) in [6.45, 7) is 10.0. The predicted molar refractivity (Wildman–Crippen MR) is 102 cm³/mol. The molecule has 1 N–H and O–H groups in total. The highest BCUT2D eigenvalue weighted by molar-refractivity contribution is 9.10. The van der Waals surface area contributed by atoms with Gasteiger partial charge in [0.05, 0.1) is 11.6 Å². The summed E-state index contributed by atoms with van der Waals surface area (Å²) >= 11 is 3.64. The molecule has 136 valence electrons. The fourth-order valence-corrected chi connectivity index (χ4v) is 4.53. The number of carboxylic acid groups (broad SMARTS) is 1. The van der Waals surface area contributed by atoms with Gasteiger partial charge in [0.2, 0.25) is 5.83 Å². The van der Waals surface area contributed by atoms with Gasteiger partial charge in [0.25, 0.3) is 0 Å². The lowest BCUT2D eigenvalue weighted by Crippen LogP contribution is -2.24. The maximum Gasteiger partial charge on any atom is 0.365 e. The largest absolute Gasteiger partial charge is 0.495 e. The Labute approximate surface area is 156 Å². The van der Waals surface area contributed by atoms with Crippen molar-refractivity contribution in [2.24, 2.45) is 5.92 Å². The molecule has 0 aromatic heterocycles. The molecule has 0 spiro atoms. The molecule has 0 amide bonds. The molecule has 2 rings (SSSR count). The normalized spacial score (nSPS) is 16.9. The second-order valence-electron chi connectivity index (χ2n) is 7.34. The van der Waals surface area contributed by atoms with Gasteiger partial charge in [-0.3, -0.25) is 0 Å². The van der Waals surface area contributed by atoms with E-state index < -0.39 is 11.8 Å². The van der Waals surface area contributed by atoms with Crippen LogP contribution >= 0.6 is 15.9 Å². The Hall–Kier alpha value is -1.62. The number of aliphatic carboxylic acids is 1. The van der Waals surface area contributed by atoms with Crippen molar-refractivity contribution in [2.75, 3.05) is 7.11 Å². The Bertz CT molecular complexity index is 789. The number of hydrogen-bond acceptors (Lipinski definition) is 2. The summed E-state index contributed by atoms with van der Waals surface area (Å²) in [5.41, 5.74) is 3.72. The highest BCUT2D eigenvalue weighted by Crippen LogP contribution is 2.50. The van der Waals surface area contributed by atoms with Crippen molar-refractivity contribution in [2.45, 2.75) is 46.5 Å². The molecule has 0 unspecified atom stereocenters. The van der Waals surface area contributed by atoms with Crippen molar-refractivity contribution in [3.05, 3.63) is 39.1 Å². The van der Waals surface area contributed by atoms with Crippen LogP contribution in [0.25, 0.3) is 11.1 Å². The van der Waals surface area contributed by atoms with Crippen LogP contribution in [0, 0.1) is 5.92 Å². The molecule has 0 atom stereocenters. The van der Waals surface area contributed by atoms with Crippen LogP contribution in [0.15, 0.2) is 22.4 Å². The number of carbonyl (C=O) groups is 1. The Morgan fingerprint density at radius 3 is 2.48 bits per heavy atom. The van der Waals surface area contributed by atoms with E-state index in [1.807, 2.05) is 6.07 Å². The number of rotatable bonds is 4. The van der Waals surface area contributed by atoms with Crippen molar-refractivity contribution in [3.63, 3.8) is 0 Å². The highest BCUT2D eigenvalue weighted by atomic mass is 79.9. The van der Waals surface area contributed by atoms with Crippen LogP contribution < -0.4 is 4.74 Å². The van der Waals surface area contributed by atoms with Crippen molar-refractivity contribution < 1.29 is 19.0 Å². The fraction of sp³-hybridized carbons (Fsp3) is 0.450. The molecule has 1 aromatic carbocycles. The van der Waals surface area contributed by atoms with Crippen molar-refractivity contribution in [3.8, 4) is 5.75 Å². The Morgan fingerprint density at radius 2 is 2.00 bits per heavy atom. The molecule has 1 aliphatic carbocycles. The Morgan fingerprint density at radius 1 is 1.40 bits per heavy atom. The second-order valence-corrected chi connectivity index (χ2v) is 8.13. The average molecular weight is 411 g/mol. The van der Waals surface area contributed by atoms with Gasteiger partial charge in [-0.15, -0.1) is 0 Å². The van der Waals surface area contributed by atoms with Gasteiger partial charge in [0.1, 0.15) is 5.75 Å². The molecule has 0 saturated heterocycles. The molecular formula is C20H24BrFO3. The summed E-state index contributed by atoms with van der Waals surface area (Å²) in [6.07, 6.45) is 3.12. The van der Waals surface area contributed by atoms with Crippen LogP contribution in [0.2, 0.25) is 0 Å². The molecule has 0 fully saturated rings. The standard InChI is InChI=1S/C20H24BrFO3/c1-10(2)12-7-8-20(4,5)15-14(12)9-13(18(25-6)16(15)21)11(3)17(22)19(23)24/h7,9-10H,8H2,1-6H3,(H,23,24)/b17-11+. The quantitative estimate of drug-likeness (QED) is 0.622. The zero-order chi connectivity index (χ0) is 19.1. The smallest absolute Gasteiger partial charge is 0.365 e. The number of benzene rings is 1. The molecule has 5 heteroatoms. The van der Waals surface area contributed by atoms with Crippen LogP contribution in [0.3, 0.4) is 0 Å². The van der Waals surface area contributed by atoms with E-state index in [0.29, 0.717) is 17.2 Å². The van der Waals surface area contributed by atoms with Gasteiger partial charge in [-0.05, 0) is 63.4 Å². The third kappa shape index (κ3) is 3.39. The summed E-state index contributed by atoms with van der Waals surface area (Å²) in [7, 11) is 1.51. The number of methoxy groups -OCH3 is 1. The number of hydrogen-bond donors (Lipinski definition) is 1. The lowest BCUT2D eigenvalue weighted by Gasteiger charge is -2.35. The number of allylic oxidation sites excluding steroid dienone is 3. The topological polar surface area (TPSA) is 46.5 Å². The Balaban J connectivity index is 2.90. The number of fused-ring (bicyclic) bond motifs is 1. The molecule has 0 heterocycles. The molecular weight excluding hydrogens is 387 g/mol. The predicted octanol–water partition coefficient (Wildman–Crippen LogP) is 5.96. The van der Waals surface area contributed by atoms with E-state index in [1.165, 1.54) is 19.6 Å². The van der Waals surface area contributed by atoms with Gasteiger partial charge in [-0.2, -0.15) is 4.39 Å². The molecule has 25 heavy (non-hydrogen) atoms. The lowest BCUT2D eigenvalue weighted by molar-refractivity contribution is -0.134. The molecule has 0 saturated carbocycles. The van der Waals surface area contributed by atoms with Gasteiger partial charge in [0, 0.05) is 11.1 Å². The first-order valence-corrected chi connectivity index (χ1v) is 9.03. The van der Waals surface area contributed by atoms with E-state index in [9.17, 15) is 9.18 Å². The molecule has 1 aliphatic rings. The van der Waals surface area contributed by atoms with Crippen LogP contribution in [-0.4, -0.2) is 18.2 Å². The first kappa shape index (κ1) is 19.7.